The summed E-state index contributed by atoms with van der Waals surface area (Å²) in [4.78, 5) is 21.9. The number of hydrogen-bond acceptors (Lipinski definition) is 5. The molecule has 128 valence electrons. The number of nitrogens with two attached hydrogens (primary N) is 1. The van der Waals surface area contributed by atoms with E-state index in [0.717, 1.165) is 16.9 Å². The van der Waals surface area contributed by atoms with Crippen LogP contribution in [0.1, 0.15) is 16.9 Å². The van der Waals surface area contributed by atoms with E-state index in [-0.39, 0.29) is 11.4 Å². The van der Waals surface area contributed by atoms with Gasteiger partial charge in [0.1, 0.15) is 17.6 Å². The molecule has 0 saturated heterocycles. The van der Waals surface area contributed by atoms with Crippen LogP contribution in [0.25, 0.3) is 0 Å². The van der Waals surface area contributed by atoms with Crippen LogP contribution in [0.15, 0.2) is 30.5 Å². The first-order valence-electron chi connectivity index (χ1n) is 6.86. The summed E-state index contributed by atoms with van der Waals surface area (Å²) in [7, 11) is 0. The van der Waals surface area contributed by atoms with Crippen molar-refractivity contribution in [1.82, 2.24) is 9.99 Å². The van der Waals surface area contributed by atoms with Crippen molar-refractivity contribution in [2.45, 2.75) is 6.42 Å². The molecule has 1 aromatic heterocycles. The normalized spacial score (nSPS) is 10.4. The van der Waals surface area contributed by atoms with Gasteiger partial charge < -0.3 is 15.9 Å². The number of nitrogen functional groups attached to an aromatic ring is 1. The van der Waals surface area contributed by atoms with Gasteiger partial charge in [-0.15, -0.1) is 0 Å². The topological polar surface area (TPSA) is 112 Å². The Balaban J connectivity index is 1.79. The Morgan fingerprint density at radius 3 is 2.79 bits per heavy atom. The summed E-state index contributed by atoms with van der Waals surface area (Å²) in [5.74, 6) is 5.47. The average molecular weight is 373 g/mol. The van der Waals surface area contributed by atoms with Crippen LogP contribution in [-0.4, -0.2) is 28.7 Å². The summed E-state index contributed by atoms with van der Waals surface area (Å²) >= 11 is 11.8. The molecule has 10 heteroatoms. The number of hydrogen-bond donors (Lipinski definition) is 2. The van der Waals surface area contributed by atoms with E-state index >= 15 is 0 Å². The Hall–Kier alpha value is -2.45. The summed E-state index contributed by atoms with van der Waals surface area (Å²) in [5, 5.41) is 14.2. The highest BCUT2D eigenvalue weighted by molar-refractivity contribution is 6.34. The van der Waals surface area contributed by atoms with E-state index in [1.165, 1.54) is 0 Å². The summed E-state index contributed by atoms with van der Waals surface area (Å²) < 4.78 is 6.39. The fourth-order valence-electron chi connectivity index (χ4n) is 1.88. The minimum absolute atomic E-state index is 0.000467. The van der Waals surface area contributed by atoms with E-state index in [4.69, 9.17) is 33.8 Å². The summed E-state index contributed by atoms with van der Waals surface area (Å²) in [6.07, 6.45) is 1.57. The molecule has 0 spiro atoms. The van der Waals surface area contributed by atoms with E-state index in [1.54, 1.807) is 18.2 Å². The highest BCUT2D eigenvalue weighted by Gasteiger charge is 2.17. The zero-order valence-electron chi connectivity index (χ0n) is 12.4. The molecule has 8 nitrogen and oxygen atoms in total. The van der Waals surface area contributed by atoms with Gasteiger partial charge in [-0.25, -0.2) is 0 Å². The molecule has 0 fully saturated rings. The van der Waals surface area contributed by atoms with Crippen LogP contribution >= 0.6 is 23.2 Å². The number of aromatic nitrogens is 1. The molecule has 0 aliphatic carbocycles. The highest BCUT2D eigenvalue weighted by atomic mass is 35.5. The Morgan fingerprint density at radius 2 is 2.12 bits per heavy atom. The van der Waals surface area contributed by atoms with E-state index in [9.17, 15) is 14.9 Å². The Kier molecular flexibility index (Phi) is 5.88. The number of nitro groups is 1. The van der Waals surface area contributed by atoms with Crippen molar-refractivity contribution in [1.29, 1.82) is 0 Å². The van der Waals surface area contributed by atoms with Gasteiger partial charge in [0, 0.05) is 23.7 Å². The third-order valence-electron chi connectivity index (χ3n) is 3.04. The fraction of sp³-hybridized carbons (Fsp3) is 0.214. The van der Waals surface area contributed by atoms with Crippen LogP contribution in [0.2, 0.25) is 10.0 Å². The molecule has 0 aliphatic rings. The minimum Gasteiger partial charge on any atom is -0.492 e. The number of nitrogens with zero attached hydrogens (tertiary/aromatic N) is 2. The quantitative estimate of drug-likeness (QED) is 0.335. The molecular formula is C14H14Cl2N4O4. The smallest absolute Gasteiger partial charge is 0.289 e. The highest BCUT2D eigenvalue weighted by Crippen LogP contribution is 2.27. The van der Waals surface area contributed by atoms with Crippen molar-refractivity contribution in [3.63, 3.8) is 0 Å². The summed E-state index contributed by atoms with van der Waals surface area (Å²) in [6, 6.07) is 5.99. The molecule has 3 N–H and O–H groups in total. The van der Waals surface area contributed by atoms with Crippen LogP contribution in [0.5, 0.6) is 5.75 Å². The number of amides is 1. The predicted molar refractivity (Wildman–Crippen MR) is 90.1 cm³/mol. The van der Waals surface area contributed by atoms with Crippen molar-refractivity contribution in [2.24, 2.45) is 0 Å². The molecule has 24 heavy (non-hydrogen) atoms. The van der Waals surface area contributed by atoms with Gasteiger partial charge in [-0.1, -0.05) is 23.2 Å². The zero-order valence-corrected chi connectivity index (χ0v) is 13.9. The molecule has 2 rings (SSSR count). The molecule has 0 atom stereocenters. The third kappa shape index (κ3) is 4.53. The number of carbonyl (C=O) groups is 1. The standard InChI is InChI=1S/C14H14Cl2N4O4/c15-9-2-3-11(16)13(6-9)24-5-1-4-18-14(21)12-7-10(20(22)23)8-19(12)17/h2-3,6-8H,1,4-5,17H2,(H,18,21). The van der Waals surface area contributed by atoms with Gasteiger partial charge in [-0.05, 0) is 18.6 Å². The van der Waals surface area contributed by atoms with Crippen LogP contribution < -0.4 is 15.9 Å². The molecule has 1 heterocycles. The third-order valence-corrected chi connectivity index (χ3v) is 3.58. The zero-order chi connectivity index (χ0) is 17.7. The molecule has 0 bridgehead atoms. The van der Waals surface area contributed by atoms with Gasteiger partial charge >= 0.3 is 0 Å². The lowest BCUT2D eigenvalue weighted by atomic mass is 10.3. The predicted octanol–water partition coefficient (Wildman–Crippen LogP) is 2.62. The second-order valence-corrected chi connectivity index (χ2v) is 5.62. The average Bonchev–Trinajstić information content (AvgIpc) is 2.92. The van der Waals surface area contributed by atoms with E-state index in [1.807, 2.05) is 0 Å². The van der Waals surface area contributed by atoms with Crippen molar-refractivity contribution in [3.05, 3.63) is 56.3 Å². The van der Waals surface area contributed by atoms with Crippen molar-refractivity contribution in [3.8, 4) is 5.75 Å². The Morgan fingerprint density at radius 1 is 1.38 bits per heavy atom. The van der Waals surface area contributed by atoms with Crippen LogP contribution in [0.4, 0.5) is 5.69 Å². The van der Waals surface area contributed by atoms with Gasteiger partial charge in [0.2, 0.25) is 0 Å². The van der Waals surface area contributed by atoms with Gasteiger partial charge in [0.05, 0.1) is 16.6 Å². The monoisotopic (exact) mass is 372 g/mol. The van der Waals surface area contributed by atoms with Gasteiger partial charge in [0.25, 0.3) is 11.6 Å². The maximum Gasteiger partial charge on any atom is 0.289 e. The lowest BCUT2D eigenvalue weighted by Gasteiger charge is -2.09. The molecule has 0 unspecified atom stereocenters. The van der Waals surface area contributed by atoms with Crippen molar-refractivity contribution < 1.29 is 14.5 Å². The molecule has 1 amide bonds. The molecule has 0 aliphatic heterocycles. The maximum atomic E-state index is 11.9. The SMILES string of the molecule is Nn1cc([N+](=O)[O-])cc1C(=O)NCCCOc1cc(Cl)ccc1Cl. The number of halogens is 2. The minimum atomic E-state index is -0.622. The Bertz CT molecular complexity index is 763. The molecular weight excluding hydrogens is 359 g/mol. The lowest BCUT2D eigenvalue weighted by molar-refractivity contribution is -0.384. The number of nitrogens with one attached hydrogen (secondary N) is 1. The first-order chi connectivity index (χ1) is 11.4. The van der Waals surface area contributed by atoms with E-state index in [2.05, 4.69) is 5.32 Å². The molecule has 2 aromatic rings. The molecule has 1 aromatic carbocycles. The molecule has 0 radical (unpaired) electrons. The Labute approximate surface area is 147 Å². The second kappa shape index (κ2) is 7.89. The van der Waals surface area contributed by atoms with Crippen LogP contribution in [-0.2, 0) is 0 Å². The number of carbonyl (C=O) groups excluding carboxylic acids is 1. The van der Waals surface area contributed by atoms with Crippen molar-refractivity contribution in [2.75, 3.05) is 19.0 Å². The van der Waals surface area contributed by atoms with Gasteiger partial charge in [-0.3, -0.25) is 19.6 Å². The maximum absolute atomic E-state index is 11.9. The van der Waals surface area contributed by atoms with E-state index < -0.39 is 10.8 Å². The van der Waals surface area contributed by atoms with Gasteiger partial charge in [0.15, 0.2) is 0 Å². The number of rotatable bonds is 7. The fourth-order valence-corrected chi connectivity index (χ4v) is 2.22. The van der Waals surface area contributed by atoms with Crippen molar-refractivity contribution >= 4 is 34.8 Å². The number of ether oxygens (including phenoxy) is 1. The summed E-state index contributed by atoms with van der Waals surface area (Å²) in [6.45, 7) is 0.611. The second-order valence-electron chi connectivity index (χ2n) is 4.78. The first-order valence-corrected chi connectivity index (χ1v) is 7.62. The van der Waals surface area contributed by atoms with Crippen LogP contribution in [0, 0.1) is 10.1 Å². The van der Waals surface area contributed by atoms with Gasteiger partial charge in [-0.2, -0.15) is 0 Å². The largest absolute Gasteiger partial charge is 0.492 e. The number of benzene rings is 1. The lowest BCUT2D eigenvalue weighted by Crippen LogP contribution is -2.29. The van der Waals surface area contributed by atoms with E-state index in [0.29, 0.717) is 35.4 Å². The summed E-state index contributed by atoms with van der Waals surface area (Å²) in [5.41, 5.74) is -0.248. The molecule has 0 saturated carbocycles. The van der Waals surface area contributed by atoms with Crippen LogP contribution in [0.3, 0.4) is 0 Å². The first kappa shape index (κ1) is 17.9.